The molecule has 2 aliphatic rings. The second kappa shape index (κ2) is 8.97. The van der Waals surface area contributed by atoms with E-state index in [-0.39, 0.29) is 12.0 Å². The van der Waals surface area contributed by atoms with Gasteiger partial charge in [-0.05, 0) is 6.07 Å². The summed E-state index contributed by atoms with van der Waals surface area (Å²) < 4.78 is 13.1. The third-order valence-corrected chi connectivity index (χ3v) is 6.14. The number of pyridine rings is 1. The van der Waals surface area contributed by atoms with E-state index in [1.165, 1.54) is 13.4 Å². The largest absolute Gasteiger partial charge is 0.480 e. The van der Waals surface area contributed by atoms with Crippen LogP contribution in [-0.4, -0.2) is 68.4 Å². The van der Waals surface area contributed by atoms with Crippen molar-refractivity contribution in [3.63, 3.8) is 0 Å². The molecular formula is C23H24N8O3. The Hall–Kier alpha value is -4.20. The van der Waals surface area contributed by atoms with Crippen LogP contribution in [0.3, 0.4) is 0 Å². The zero-order chi connectivity index (χ0) is 23.7. The van der Waals surface area contributed by atoms with Gasteiger partial charge in [-0.15, -0.1) is 0 Å². The van der Waals surface area contributed by atoms with Crippen molar-refractivity contribution in [1.29, 1.82) is 5.26 Å². The van der Waals surface area contributed by atoms with Crippen LogP contribution in [0.5, 0.6) is 11.8 Å². The molecule has 174 valence electrons. The number of fused-ring (bicyclic) bond motifs is 1. The number of anilines is 1. The zero-order valence-electron chi connectivity index (χ0n) is 19.0. The number of aryl methyl sites for hydroxylation is 1. The topological polar surface area (TPSA) is 122 Å². The number of aromatic nitrogens is 5. The highest BCUT2D eigenvalue weighted by Gasteiger charge is 2.31. The van der Waals surface area contributed by atoms with Crippen molar-refractivity contribution in [1.82, 2.24) is 29.6 Å². The van der Waals surface area contributed by atoms with Crippen LogP contribution >= 0.6 is 0 Å². The maximum Gasteiger partial charge on any atom is 0.257 e. The second-order valence-electron chi connectivity index (χ2n) is 8.32. The summed E-state index contributed by atoms with van der Waals surface area (Å²) in [6, 6.07) is 3.91. The molecule has 0 spiro atoms. The van der Waals surface area contributed by atoms with Gasteiger partial charge in [-0.2, -0.15) is 10.4 Å². The average Bonchev–Trinajstić information content (AvgIpc) is 3.52. The standard InChI is InChI=1S/C23H24N8O3/c1-29-11-16(9-28-29)23(32)31-5-3-18(12-31)34-22-19-13-30(6-4-20(19)26-14-27-22)17-7-15(8-24)21(33-2)25-10-17/h7,9-11,14,18H,3-6,12-13H2,1-2H3/t18-/m0/s1. The van der Waals surface area contributed by atoms with Crippen LogP contribution in [0, 0.1) is 11.3 Å². The van der Waals surface area contributed by atoms with Crippen molar-refractivity contribution in [2.75, 3.05) is 31.6 Å². The highest BCUT2D eigenvalue weighted by atomic mass is 16.5. The summed E-state index contributed by atoms with van der Waals surface area (Å²) in [6.45, 7) is 2.38. The van der Waals surface area contributed by atoms with E-state index in [1.54, 1.807) is 41.3 Å². The maximum atomic E-state index is 12.7. The summed E-state index contributed by atoms with van der Waals surface area (Å²) in [7, 11) is 3.28. The predicted octanol–water partition coefficient (Wildman–Crippen LogP) is 1.34. The van der Waals surface area contributed by atoms with Crippen LogP contribution < -0.4 is 14.4 Å². The minimum Gasteiger partial charge on any atom is -0.480 e. The lowest BCUT2D eigenvalue weighted by molar-refractivity contribution is 0.0770. The van der Waals surface area contributed by atoms with E-state index in [4.69, 9.17) is 9.47 Å². The van der Waals surface area contributed by atoms with Crippen LogP contribution in [0.25, 0.3) is 0 Å². The number of nitrogens with zero attached hydrogens (tertiary/aromatic N) is 8. The summed E-state index contributed by atoms with van der Waals surface area (Å²) in [4.78, 5) is 29.8. The molecule has 1 fully saturated rings. The summed E-state index contributed by atoms with van der Waals surface area (Å²) in [6.07, 6.45) is 7.83. The van der Waals surface area contributed by atoms with E-state index in [0.717, 1.165) is 36.3 Å². The summed E-state index contributed by atoms with van der Waals surface area (Å²) >= 11 is 0. The number of amides is 1. The van der Waals surface area contributed by atoms with E-state index in [1.807, 2.05) is 0 Å². The molecular weight excluding hydrogens is 436 g/mol. The number of methoxy groups -OCH3 is 1. The Morgan fingerprint density at radius 1 is 1.21 bits per heavy atom. The Labute approximate surface area is 196 Å². The molecule has 0 saturated carbocycles. The number of hydrogen-bond acceptors (Lipinski definition) is 9. The molecule has 3 aromatic rings. The maximum absolute atomic E-state index is 12.7. The number of rotatable bonds is 5. The minimum absolute atomic E-state index is 0.0459. The van der Waals surface area contributed by atoms with Crippen molar-refractivity contribution in [2.45, 2.75) is 25.5 Å². The second-order valence-corrected chi connectivity index (χ2v) is 8.32. The summed E-state index contributed by atoms with van der Waals surface area (Å²) in [5.41, 5.74) is 3.65. The fourth-order valence-electron chi connectivity index (χ4n) is 4.38. The molecule has 0 unspecified atom stereocenters. The number of hydrogen-bond donors (Lipinski definition) is 0. The molecule has 11 nitrogen and oxygen atoms in total. The van der Waals surface area contributed by atoms with Crippen LogP contribution in [0.4, 0.5) is 5.69 Å². The molecule has 34 heavy (non-hydrogen) atoms. The van der Waals surface area contributed by atoms with E-state index in [0.29, 0.717) is 42.5 Å². The molecule has 3 aromatic heterocycles. The SMILES string of the molecule is COc1ncc(N2CCc3ncnc(O[C@H]4CCN(C(=O)c5cnn(C)c5)C4)c3C2)cc1C#N. The molecule has 1 atom stereocenters. The monoisotopic (exact) mass is 460 g/mol. The quantitative estimate of drug-likeness (QED) is 0.555. The molecule has 0 bridgehead atoms. The Balaban J connectivity index is 1.31. The minimum atomic E-state index is -0.150. The number of ether oxygens (including phenoxy) is 2. The number of carbonyl (C=O) groups excluding carboxylic acids is 1. The Morgan fingerprint density at radius 2 is 2.09 bits per heavy atom. The van der Waals surface area contributed by atoms with Gasteiger partial charge in [-0.1, -0.05) is 0 Å². The summed E-state index contributed by atoms with van der Waals surface area (Å²) in [5, 5.41) is 13.5. The zero-order valence-corrected chi connectivity index (χ0v) is 19.0. The fraction of sp³-hybridized carbons (Fsp3) is 0.391. The molecule has 1 saturated heterocycles. The molecule has 0 aliphatic carbocycles. The molecule has 11 heteroatoms. The first-order valence-corrected chi connectivity index (χ1v) is 11.0. The third kappa shape index (κ3) is 4.10. The highest BCUT2D eigenvalue weighted by Crippen LogP contribution is 2.31. The van der Waals surface area contributed by atoms with Crippen molar-refractivity contribution in [3.8, 4) is 17.8 Å². The van der Waals surface area contributed by atoms with Crippen LogP contribution in [0.1, 0.15) is 33.6 Å². The number of carbonyl (C=O) groups is 1. The van der Waals surface area contributed by atoms with E-state index < -0.39 is 0 Å². The van der Waals surface area contributed by atoms with Crippen molar-refractivity contribution in [2.24, 2.45) is 7.05 Å². The lowest BCUT2D eigenvalue weighted by Gasteiger charge is -2.31. The van der Waals surface area contributed by atoms with Crippen LogP contribution in [0.15, 0.2) is 31.0 Å². The Kier molecular flexibility index (Phi) is 5.71. The third-order valence-electron chi connectivity index (χ3n) is 6.14. The van der Waals surface area contributed by atoms with Gasteiger partial charge in [0.1, 0.15) is 24.1 Å². The van der Waals surface area contributed by atoms with E-state index in [2.05, 4.69) is 31.0 Å². The first-order valence-electron chi connectivity index (χ1n) is 11.0. The van der Waals surface area contributed by atoms with Crippen LogP contribution in [0.2, 0.25) is 0 Å². The molecule has 2 aliphatic heterocycles. The highest BCUT2D eigenvalue weighted by molar-refractivity contribution is 5.93. The van der Waals surface area contributed by atoms with E-state index in [9.17, 15) is 10.1 Å². The van der Waals surface area contributed by atoms with Gasteiger partial charge in [0.05, 0.1) is 55.1 Å². The van der Waals surface area contributed by atoms with Gasteiger partial charge in [0.15, 0.2) is 0 Å². The fourth-order valence-corrected chi connectivity index (χ4v) is 4.38. The van der Waals surface area contributed by atoms with Crippen LogP contribution in [-0.2, 0) is 20.0 Å². The van der Waals surface area contributed by atoms with E-state index >= 15 is 0 Å². The lowest BCUT2D eigenvalue weighted by atomic mass is 10.1. The number of likely N-dealkylation sites (tertiary alicyclic amines) is 1. The lowest BCUT2D eigenvalue weighted by Crippen LogP contribution is -2.33. The molecule has 5 rings (SSSR count). The smallest absolute Gasteiger partial charge is 0.257 e. The Morgan fingerprint density at radius 3 is 2.85 bits per heavy atom. The normalized spacial score (nSPS) is 17.3. The van der Waals surface area contributed by atoms with Gasteiger partial charge in [-0.25, -0.2) is 15.0 Å². The van der Waals surface area contributed by atoms with Gasteiger partial charge in [0.25, 0.3) is 5.91 Å². The summed E-state index contributed by atoms with van der Waals surface area (Å²) in [5.74, 6) is 0.801. The van der Waals surface area contributed by atoms with Gasteiger partial charge in [0, 0.05) is 39.2 Å². The van der Waals surface area contributed by atoms with Crippen molar-refractivity contribution >= 4 is 11.6 Å². The number of nitriles is 1. The van der Waals surface area contributed by atoms with Crippen molar-refractivity contribution in [3.05, 3.63) is 53.4 Å². The van der Waals surface area contributed by atoms with Crippen molar-refractivity contribution < 1.29 is 14.3 Å². The molecule has 1 amide bonds. The Bertz CT molecular complexity index is 1270. The molecule has 0 radical (unpaired) electrons. The van der Waals surface area contributed by atoms with Gasteiger partial charge in [-0.3, -0.25) is 9.48 Å². The molecule has 0 N–H and O–H groups in total. The molecule has 0 aromatic carbocycles. The first-order chi connectivity index (χ1) is 16.6. The van der Waals surface area contributed by atoms with Gasteiger partial charge >= 0.3 is 0 Å². The van der Waals surface area contributed by atoms with Gasteiger partial charge < -0.3 is 19.3 Å². The average molecular weight is 460 g/mol. The first kappa shape index (κ1) is 21.6. The molecule has 5 heterocycles. The predicted molar refractivity (Wildman–Crippen MR) is 120 cm³/mol. The van der Waals surface area contributed by atoms with Gasteiger partial charge in [0.2, 0.25) is 11.8 Å².